The molecule has 1 aromatic rings. The van der Waals surface area contributed by atoms with Gasteiger partial charge in [0.05, 0.1) is 5.76 Å². The maximum atomic E-state index is 5.56. The molecule has 0 radical (unpaired) electrons. The van der Waals surface area contributed by atoms with E-state index < -0.39 is 0 Å². The van der Waals surface area contributed by atoms with Gasteiger partial charge in [0.15, 0.2) is 0 Å². The van der Waals surface area contributed by atoms with Crippen molar-refractivity contribution in [3.05, 3.63) is 41.7 Å². The van der Waals surface area contributed by atoms with Gasteiger partial charge in [-0.05, 0) is 44.0 Å². The highest BCUT2D eigenvalue weighted by molar-refractivity contribution is 5.28. The summed E-state index contributed by atoms with van der Waals surface area (Å²) in [6.07, 6.45) is 4.29. The maximum absolute atomic E-state index is 5.56. The number of hydrogen-bond donors (Lipinski definition) is 0. The molecule has 0 aliphatic carbocycles. The maximum Gasteiger partial charge on any atom is 0.126 e. The molecular weight excluding hydrogens is 172 g/mol. The first kappa shape index (κ1) is 10.8. The zero-order valence-corrected chi connectivity index (χ0v) is 9.21. The lowest BCUT2D eigenvalue weighted by molar-refractivity contribution is 0.426. The van der Waals surface area contributed by atoms with E-state index in [0.717, 1.165) is 17.9 Å². The molecule has 14 heavy (non-hydrogen) atoms. The minimum absolute atomic E-state index is 0.917. The molecule has 0 N–H and O–H groups in total. The highest BCUT2D eigenvalue weighted by atomic mass is 16.5. The summed E-state index contributed by atoms with van der Waals surface area (Å²) in [7, 11) is 0. The molecule has 0 aromatic heterocycles. The van der Waals surface area contributed by atoms with Crippen LogP contribution in [-0.2, 0) is 6.42 Å². The molecule has 0 unspecified atom stereocenters. The Morgan fingerprint density at radius 3 is 2.43 bits per heavy atom. The standard InChI is InChI=1S/C13H18O/c1-4-6-12-7-9-13(10-8-12)14-11(3)5-2/h5,7-10H,4,6H2,1-3H3. The molecule has 76 valence electrons. The van der Waals surface area contributed by atoms with E-state index >= 15 is 0 Å². The summed E-state index contributed by atoms with van der Waals surface area (Å²) in [5.74, 6) is 1.86. The first-order chi connectivity index (χ1) is 6.76. The lowest BCUT2D eigenvalue weighted by atomic mass is 10.1. The van der Waals surface area contributed by atoms with Crippen molar-refractivity contribution >= 4 is 0 Å². The summed E-state index contributed by atoms with van der Waals surface area (Å²) >= 11 is 0. The van der Waals surface area contributed by atoms with E-state index in [2.05, 4.69) is 19.1 Å². The molecule has 0 spiro atoms. The summed E-state index contributed by atoms with van der Waals surface area (Å²) in [5, 5.41) is 0. The third-order valence-corrected chi connectivity index (χ3v) is 2.15. The van der Waals surface area contributed by atoms with Gasteiger partial charge < -0.3 is 4.74 Å². The Hall–Kier alpha value is -1.24. The summed E-state index contributed by atoms with van der Waals surface area (Å²) in [5.41, 5.74) is 1.37. The van der Waals surface area contributed by atoms with E-state index in [0.29, 0.717) is 0 Å². The smallest absolute Gasteiger partial charge is 0.126 e. The zero-order valence-electron chi connectivity index (χ0n) is 9.21. The van der Waals surface area contributed by atoms with Crippen molar-refractivity contribution in [3.8, 4) is 5.75 Å². The Kier molecular flexibility index (Phi) is 4.24. The molecule has 0 bridgehead atoms. The van der Waals surface area contributed by atoms with Crippen LogP contribution in [0.1, 0.15) is 32.8 Å². The van der Waals surface area contributed by atoms with Gasteiger partial charge in [-0.1, -0.05) is 25.5 Å². The second-order valence-corrected chi connectivity index (χ2v) is 3.40. The average molecular weight is 190 g/mol. The fourth-order valence-electron chi connectivity index (χ4n) is 1.26. The van der Waals surface area contributed by atoms with Gasteiger partial charge >= 0.3 is 0 Å². The molecule has 0 fully saturated rings. The number of benzene rings is 1. The minimum Gasteiger partial charge on any atom is -0.462 e. The number of ether oxygens (including phenoxy) is 1. The van der Waals surface area contributed by atoms with Gasteiger partial charge in [-0.2, -0.15) is 0 Å². The number of allylic oxidation sites excluding steroid dienone is 2. The Morgan fingerprint density at radius 1 is 1.29 bits per heavy atom. The first-order valence-electron chi connectivity index (χ1n) is 5.16. The van der Waals surface area contributed by atoms with Crippen LogP contribution in [0.5, 0.6) is 5.75 Å². The van der Waals surface area contributed by atoms with Gasteiger partial charge in [-0.3, -0.25) is 0 Å². The van der Waals surface area contributed by atoms with E-state index in [1.54, 1.807) is 0 Å². The third-order valence-electron chi connectivity index (χ3n) is 2.15. The van der Waals surface area contributed by atoms with Crippen molar-refractivity contribution in [2.24, 2.45) is 0 Å². The molecule has 0 saturated carbocycles. The van der Waals surface area contributed by atoms with Gasteiger partial charge in [0.25, 0.3) is 0 Å². The number of aryl methyl sites for hydroxylation is 1. The van der Waals surface area contributed by atoms with Crippen LogP contribution in [0.4, 0.5) is 0 Å². The average Bonchev–Trinajstić information content (AvgIpc) is 2.21. The topological polar surface area (TPSA) is 9.23 Å². The monoisotopic (exact) mass is 190 g/mol. The van der Waals surface area contributed by atoms with Crippen LogP contribution < -0.4 is 4.74 Å². The molecule has 1 nitrogen and oxygen atoms in total. The molecular formula is C13H18O. The SMILES string of the molecule is CC=C(C)Oc1ccc(CCC)cc1. The Labute approximate surface area is 86.4 Å². The van der Waals surface area contributed by atoms with Gasteiger partial charge in [0.1, 0.15) is 5.75 Å². The van der Waals surface area contributed by atoms with Crippen LogP contribution in [0.15, 0.2) is 36.1 Å². The van der Waals surface area contributed by atoms with Crippen molar-refractivity contribution in [2.45, 2.75) is 33.6 Å². The summed E-state index contributed by atoms with van der Waals surface area (Å²) in [4.78, 5) is 0. The van der Waals surface area contributed by atoms with Gasteiger partial charge in [-0.25, -0.2) is 0 Å². The van der Waals surface area contributed by atoms with Gasteiger partial charge in [0.2, 0.25) is 0 Å². The van der Waals surface area contributed by atoms with Crippen molar-refractivity contribution < 1.29 is 4.74 Å². The van der Waals surface area contributed by atoms with Crippen LogP contribution in [-0.4, -0.2) is 0 Å². The van der Waals surface area contributed by atoms with Crippen molar-refractivity contribution in [3.63, 3.8) is 0 Å². The van der Waals surface area contributed by atoms with Crippen LogP contribution in [0.2, 0.25) is 0 Å². The predicted octanol–water partition coefficient (Wildman–Crippen LogP) is 3.94. The van der Waals surface area contributed by atoms with E-state index in [4.69, 9.17) is 4.74 Å². The molecule has 0 heterocycles. The summed E-state index contributed by atoms with van der Waals surface area (Å²) in [6, 6.07) is 8.31. The van der Waals surface area contributed by atoms with Gasteiger partial charge in [-0.15, -0.1) is 0 Å². The molecule has 1 aromatic carbocycles. The van der Waals surface area contributed by atoms with Crippen LogP contribution in [0.25, 0.3) is 0 Å². The minimum atomic E-state index is 0.917. The molecule has 0 aliphatic heterocycles. The lowest BCUT2D eigenvalue weighted by Gasteiger charge is -2.05. The quantitative estimate of drug-likeness (QED) is 0.653. The summed E-state index contributed by atoms with van der Waals surface area (Å²) in [6.45, 7) is 6.12. The number of hydrogen-bond acceptors (Lipinski definition) is 1. The Bertz CT molecular complexity index is 296. The summed E-state index contributed by atoms with van der Waals surface area (Å²) < 4.78 is 5.56. The van der Waals surface area contributed by atoms with Crippen LogP contribution >= 0.6 is 0 Å². The molecule has 0 aliphatic rings. The number of rotatable bonds is 4. The second-order valence-electron chi connectivity index (χ2n) is 3.40. The van der Waals surface area contributed by atoms with E-state index in [9.17, 15) is 0 Å². The molecule has 0 saturated heterocycles. The van der Waals surface area contributed by atoms with Crippen molar-refractivity contribution in [1.82, 2.24) is 0 Å². The predicted molar refractivity (Wildman–Crippen MR) is 60.5 cm³/mol. The van der Waals surface area contributed by atoms with Crippen molar-refractivity contribution in [2.75, 3.05) is 0 Å². The molecule has 0 amide bonds. The fraction of sp³-hybridized carbons (Fsp3) is 0.385. The zero-order chi connectivity index (χ0) is 10.4. The van der Waals surface area contributed by atoms with Gasteiger partial charge in [0, 0.05) is 0 Å². The normalized spacial score (nSPS) is 11.5. The largest absolute Gasteiger partial charge is 0.462 e. The molecule has 1 rings (SSSR count). The molecule has 1 heteroatoms. The Morgan fingerprint density at radius 2 is 1.93 bits per heavy atom. The van der Waals surface area contributed by atoms with E-state index in [1.165, 1.54) is 12.0 Å². The van der Waals surface area contributed by atoms with Crippen LogP contribution in [0, 0.1) is 0 Å². The highest BCUT2D eigenvalue weighted by Gasteiger charge is 1.95. The van der Waals surface area contributed by atoms with Crippen molar-refractivity contribution in [1.29, 1.82) is 0 Å². The third kappa shape index (κ3) is 3.25. The second kappa shape index (κ2) is 5.48. The van der Waals surface area contributed by atoms with E-state index in [-0.39, 0.29) is 0 Å². The molecule has 0 atom stereocenters. The first-order valence-corrected chi connectivity index (χ1v) is 5.16. The van der Waals surface area contributed by atoms with E-state index in [1.807, 2.05) is 32.1 Å². The Balaban J connectivity index is 2.64. The lowest BCUT2D eigenvalue weighted by Crippen LogP contribution is -1.90. The van der Waals surface area contributed by atoms with Crippen LogP contribution in [0.3, 0.4) is 0 Å². The fourth-order valence-corrected chi connectivity index (χ4v) is 1.26. The highest BCUT2D eigenvalue weighted by Crippen LogP contribution is 2.15.